The molecule has 0 amide bonds. The van der Waals surface area contributed by atoms with Gasteiger partial charge >= 0.3 is 0 Å². The highest BCUT2D eigenvalue weighted by Gasteiger charge is 2.24. The molecular formula is C35H30N4S4. The topological polar surface area (TPSA) is 41.1 Å². The summed E-state index contributed by atoms with van der Waals surface area (Å²) < 4.78 is 2.45. The number of fused-ring (bicyclic) bond motifs is 3. The summed E-state index contributed by atoms with van der Waals surface area (Å²) in [5, 5.41) is 6.95. The maximum Gasteiger partial charge on any atom is 0.124 e. The Morgan fingerprint density at radius 1 is 0.814 bits per heavy atom. The van der Waals surface area contributed by atoms with Crippen LogP contribution in [0.3, 0.4) is 0 Å². The molecule has 4 nitrogen and oxygen atoms in total. The SMILES string of the molecule is CCNc1cc(-c2nc3ccccc3s2)ccc1SC/C=C/C=C1/Sc2ccc(-c3nc4ccccc4s3)cc2N1CC. The third-order valence-corrected chi connectivity index (χ3v) is 11.5. The molecule has 0 atom stereocenters. The van der Waals surface area contributed by atoms with Gasteiger partial charge in [-0.15, -0.1) is 34.4 Å². The first-order valence-corrected chi connectivity index (χ1v) is 17.8. The smallest absolute Gasteiger partial charge is 0.124 e. The summed E-state index contributed by atoms with van der Waals surface area (Å²) in [6.45, 7) is 6.16. The molecule has 0 saturated carbocycles. The van der Waals surface area contributed by atoms with Gasteiger partial charge in [-0.1, -0.05) is 60.3 Å². The van der Waals surface area contributed by atoms with E-state index in [2.05, 4.69) is 121 Å². The molecule has 8 heteroatoms. The Kier molecular flexibility index (Phi) is 8.26. The molecule has 1 aliphatic rings. The van der Waals surface area contributed by atoms with E-state index >= 15 is 0 Å². The van der Waals surface area contributed by atoms with Crippen LogP contribution in [0.1, 0.15) is 13.8 Å². The van der Waals surface area contributed by atoms with Crippen LogP contribution in [0.2, 0.25) is 0 Å². The molecule has 4 aromatic carbocycles. The lowest BCUT2D eigenvalue weighted by Crippen LogP contribution is -2.16. The summed E-state index contributed by atoms with van der Waals surface area (Å²) in [5.41, 5.74) is 6.89. The zero-order valence-electron chi connectivity index (χ0n) is 23.9. The van der Waals surface area contributed by atoms with Gasteiger partial charge in [0.05, 0.1) is 31.1 Å². The maximum absolute atomic E-state index is 4.88. The van der Waals surface area contributed by atoms with Crippen LogP contribution in [-0.2, 0) is 0 Å². The van der Waals surface area contributed by atoms with Gasteiger partial charge in [-0.05, 0) is 68.5 Å². The quantitative estimate of drug-likeness (QED) is 0.160. The molecule has 0 unspecified atom stereocenters. The van der Waals surface area contributed by atoms with Crippen molar-refractivity contribution in [2.24, 2.45) is 0 Å². The van der Waals surface area contributed by atoms with E-state index in [-0.39, 0.29) is 0 Å². The minimum absolute atomic E-state index is 0.879. The van der Waals surface area contributed by atoms with Crippen molar-refractivity contribution in [3.63, 3.8) is 0 Å². The number of nitrogens with zero attached hydrogens (tertiary/aromatic N) is 3. The van der Waals surface area contributed by atoms with Crippen LogP contribution in [0.25, 0.3) is 41.6 Å². The number of rotatable bonds is 9. The van der Waals surface area contributed by atoms with E-state index in [9.17, 15) is 0 Å². The van der Waals surface area contributed by atoms with Gasteiger partial charge < -0.3 is 10.2 Å². The van der Waals surface area contributed by atoms with Crippen molar-refractivity contribution in [3.05, 3.63) is 108 Å². The van der Waals surface area contributed by atoms with E-state index in [4.69, 9.17) is 9.97 Å². The third-order valence-electron chi connectivity index (χ3n) is 7.18. The number of nitrogens with one attached hydrogen (secondary N) is 1. The van der Waals surface area contributed by atoms with E-state index < -0.39 is 0 Å². The van der Waals surface area contributed by atoms with Crippen molar-refractivity contribution in [2.45, 2.75) is 23.6 Å². The number of aromatic nitrogens is 2. The van der Waals surface area contributed by atoms with Crippen molar-refractivity contribution in [2.75, 3.05) is 29.1 Å². The van der Waals surface area contributed by atoms with Crippen LogP contribution in [-0.4, -0.2) is 28.8 Å². The molecule has 0 spiro atoms. The molecule has 7 rings (SSSR count). The van der Waals surface area contributed by atoms with Gasteiger partial charge in [0.25, 0.3) is 0 Å². The summed E-state index contributed by atoms with van der Waals surface area (Å²) in [6.07, 6.45) is 6.69. The van der Waals surface area contributed by atoms with Crippen LogP contribution in [0.15, 0.2) is 118 Å². The first-order chi connectivity index (χ1) is 21.2. The normalized spacial score (nSPS) is 14.0. The fraction of sp³-hybridized carbons (Fsp3) is 0.143. The number of hydrogen-bond donors (Lipinski definition) is 1. The zero-order valence-corrected chi connectivity index (χ0v) is 27.2. The molecule has 0 aliphatic carbocycles. The Bertz CT molecular complexity index is 1920. The molecule has 0 radical (unpaired) electrons. The molecule has 3 heterocycles. The van der Waals surface area contributed by atoms with E-state index in [1.165, 1.54) is 41.2 Å². The van der Waals surface area contributed by atoms with Gasteiger partial charge in [-0.3, -0.25) is 0 Å². The number of thioether (sulfide) groups is 2. The van der Waals surface area contributed by atoms with E-state index in [0.717, 1.165) is 45.5 Å². The summed E-state index contributed by atoms with van der Waals surface area (Å²) in [4.78, 5) is 14.7. The minimum atomic E-state index is 0.879. The molecule has 2 aromatic heterocycles. The van der Waals surface area contributed by atoms with Crippen molar-refractivity contribution in [3.8, 4) is 21.1 Å². The fourth-order valence-electron chi connectivity index (χ4n) is 5.14. The highest BCUT2D eigenvalue weighted by molar-refractivity contribution is 8.03. The predicted molar refractivity (Wildman–Crippen MR) is 191 cm³/mol. The fourth-order valence-corrected chi connectivity index (χ4v) is 9.02. The number of benzene rings is 4. The molecule has 6 aromatic rings. The predicted octanol–water partition coefficient (Wildman–Crippen LogP) is 10.8. The molecule has 0 bridgehead atoms. The number of para-hydroxylation sites is 2. The summed E-state index contributed by atoms with van der Waals surface area (Å²) in [5.74, 6) is 0.897. The highest BCUT2D eigenvalue weighted by atomic mass is 32.2. The van der Waals surface area contributed by atoms with Gasteiger partial charge in [-0.2, -0.15) is 0 Å². The average molecular weight is 635 g/mol. The minimum Gasteiger partial charge on any atom is -0.384 e. The Morgan fingerprint density at radius 3 is 2.16 bits per heavy atom. The first kappa shape index (κ1) is 28.2. The number of thiazole rings is 2. The number of allylic oxidation sites excluding steroid dienone is 2. The molecule has 0 fully saturated rings. The van der Waals surface area contributed by atoms with Crippen LogP contribution in [0.4, 0.5) is 11.4 Å². The van der Waals surface area contributed by atoms with Crippen molar-refractivity contribution < 1.29 is 0 Å². The van der Waals surface area contributed by atoms with Gasteiger partial charge in [0.2, 0.25) is 0 Å². The maximum atomic E-state index is 4.88. The van der Waals surface area contributed by atoms with Gasteiger partial charge in [-0.25, -0.2) is 9.97 Å². The first-order valence-electron chi connectivity index (χ1n) is 14.4. The summed E-state index contributed by atoms with van der Waals surface area (Å²) in [7, 11) is 0. The van der Waals surface area contributed by atoms with Crippen LogP contribution in [0, 0.1) is 0 Å². The standard InChI is InChI=1S/C35H30N4S4/c1-3-36-27-21-23(34-37-25-11-5-7-13-30(25)42-34)16-18-29(27)40-20-10-9-15-33-39(4-2)28-22-24(17-19-32(28)41-33)35-38-26-12-6-8-14-31(26)43-35/h5-19,21-22,36H,3-4,20H2,1-2H3/b10-9+,33-15+. The third kappa shape index (κ3) is 5.85. The molecule has 1 aliphatic heterocycles. The largest absolute Gasteiger partial charge is 0.384 e. The molecule has 1 N–H and O–H groups in total. The Balaban J connectivity index is 1.04. The Labute approximate surface area is 268 Å². The van der Waals surface area contributed by atoms with Gasteiger partial charge in [0, 0.05) is 45.4 Å². The second-order valence-corrected chi connectivity index (χ2v) is 14.2. The Hall–Kier alpha value is -3.56. The van der Waals surface area contributed by atoms with Crippen molar-refractivity contribution in [1.82, 2.24) is 9.97 Å². The van der Waals surface area contributed by atoms with Crippen molar-refractivity contribution in [1.29, 1.82) is 0 Å². The molecule has 214 valence electrons. The highest BCUT2D eigenvalue weighted by Crippen LogP contribution is 2.47. The van der Waals surface area contributed by atoms with Gasteiger partial charge in [0.1, 0.15) is 10.0 Å². The second kappa shape index (κ2) is 12.6. The summed E-state index contributed by atoms with van der Waals surface area (Å²) >= 11 is 7.19. The van der Waals surface area contributed by atoms with Crippen LogP contribution in [0.5, 0.6) is 0 Å². The molecule has 43 heavy (non-hydrogen) atoms. The second-order valence-electron chi connectivity index (χ2n) is 9.99. The zero-order chi connectivity index (χ0) is 29.2. The lowest BCUT2D eigenvalue weighted by Gasteiger charge is -2.18. The average Bonchev–Trinajstić information content (AvgIpc) is 3.76. The summed E-state index contributed by atoms with van der Waals surface area (Å²) in [6, 6.07) is 30.1. The van der Waals surface area contributed by atoms with Crippen LogP contribution < -0.4 is 10.2 Å². The van der Waals surface area contributed by atoms with E-state index in [1.807, 2.05) is 29.6 Å². The Morgan fingerprint density at radius 2 is 1.49 bits per heavy atom. The van der Waals surface area contributed by atoms with Crippen LogP contribution >= 0.6 is 46.2 Å². The lowest BCUT2D eigenvalue weighted by molar-refractivity contribution is 1.00. The van der Waals surface area contributed by atoms with Crippen molar-refractivity contribution >= 4 is 78.0 Å². The number of anilines is 2. The van der Waals surface area contributed by atoms with E-state index in [0.29, 0.717) is 0 Å². The molecular weight excluding hydrogens is 605 g/mol. The van der Waals surface area contributed by atoms with Gasteiger partial charge in [0.15, 0.2) is 0 Å². The lowest BCUT2D eigenvalue weighted by atomic mass is 10.2. The molecule has 0 saturated heterocycles. The van der Waals surface area contributed by atoms with E-state index in [1.54, 1.807) is 22.7 Å². The number of hydrogen-bond acceptors (Lipinski definition) is 8. The monoisotopic (exact) mass is 634 g/mol.